The number of carbonyl (C=O) groups excluding carboxylic acids is 2. The molecule has 0 aliphatic heterocycles. The highest BCUT2D eigenvalue weighted by Crippen LogP contribution is 2.17. The molecule has 5 nitrogen and oxygen atoms in total. The van der Waals surface area contributed by atoms with Crippen LogP contribution in [-0.4, -0.2) is 11.9 Å². The molecule has 3 aromatic rings. The van der Waals surface area contributed by atoms with Crippen LogP contribution in [0.25, 0.3) is 0 Å². The lowest BCUT2D eigenvalue weighted by molar-refractivity contribution is -0.121. The van der Waals surface area contributed by atoms with Crippen LogP contribution in [0, 0.1) is 0 Å². The van der Waals surface area contributed by atoms with E-state index in [9.17, 15) is 9.59 Å². The Bertz CT molecular complexity index is 991. The number of hydrogen-bond acceptors (Lipinski definition) is 2. The molecule has 30 heavy (non-hydrogen) atoms. The van der Waals surface area contributed by atoms with E-state index >= 15 is 0 Å². The molecular formula is C24H24ClN3O2. The standard InChI is InChI=1S/C24H24ClN3O2/c1-17(26-23(29)15-10-18-6-5-7-20(25)16-18)19-11-13-22(14-12-19)28-24(30)27-21-8-3-2-4-9-21/h2-9,11-14,16-17H,10,15H2,1H3,(H,26,29)(H2,27,28,30). The maximum atomic E-state index is 12.3. The van der Waals surface area contributed by atoms with E-state index in [1.54, 1.807) is 0 Å². The quantitative estimate of drug-likeness (QED) is 0.451. The van der Waals surface area contributed by atoms with Gasteiger partial charge in [0.1, 0.15) is 0 Å². The van der Waals surface area contributed by atoms with E-state index in [2.05, 4.69) is 16.0 Å². The Morgan fingerprint density at radius 2 is 1.53 bits per heavy atom. The van der Waals surface area contributed by atoms with Crippen LogP contribution in [0.15, 0.2) is 78.9 Å². The summed E-state index contributed by atoms with van der Waals surface area (Å²) in [4.78, 5) is 24.3. The molecule has 6 heteroatoms. The van der Waals surface area contributed by atoms with Crippen LogP contribution in [-0.2, 0) is 11.2 Å². The van der Waals surface area contributed by atoms with E-state index in [4.69, 9.17) is 11.6 Å². The first kappa shape index (κ1) is 21.4. The number of benzene rings is 3. The van der Waals surface area contributed by atoms with Crippen LogP contribution in [0.3, 0.4) is 0 Å². The smallest absolute Gasteiger partial charge is 0.323 e. The van der Waals surface area contributed by atoms with Crippen LogP contribution < -0.4 is 16.0 Å². The van der Waals surface area contributed by atoms with E-state index in [1.807, 2.05) is 85.8 Å². The number of hydrogen-bond donors (Lipinski definition) is 3. The average molecular weight is 422 g/mol. The first-order valence-electron chi connectivity index (χ1n) is 9.76. The molecule has 154 valence electrons. The van der Waals surface area contributed by atoms with Crippen molar-refractivity contribution in [3.05, 3.63) is 95.0 Å². The molecule has 0 aliphatic rings. The van der Waals surface area contributed by atoms with E-state index in [-0.39, 0.29) is 18.0 Å². The molecule has 0 bridgehead atoms. The molecule has 0 radical (unpaired) electrons. The zero-order valence-corrected chi connectivity index (χ0v) is 17.4. The fourth-order valence-corrected chi connectivity index (χ4v) is 3.23. The maximum absolute atomic E-state index is 12.3. The summed E-state index contributed by atoms with van der Waals surface area (Å²) >= 11 is 5.98. The summed E-state index contributed by atoms with van der Waals surface area (Å²) in [6.07, 6.45) is 1.03. The van der Waals surface area contributed by atoms with Gasteiger partial charge in [0, 0.05) is 22.8 Å². The van der Waals surface area contributed by atoms with Crippen LogP contribution in [0.4, 0.5) is 16.2 Å². The molecule has 0 spiro atoms. The normalized spacial score (nSPS) is 11.4. The largest absolute Gasteiger partial charge is 0.350 e. The molecule has 0 fully saturated rings. The van der Waals surface area contributed by atoms with E-state index in [0.29, 0.717) is 23.6 Å². The highest BCUT2D eigenvalue weighted by Gasteiger charge is 2.10. The Balaban J connectivity index is 1.47. The number of amides is 3. The summed E-state index contributed by atoms with van der Waals surface area (Å²) in [5, 5.41) is 9.24. The highest BCUT2D eigenvalue weighted by molar-refractivity contribution is 6.30. The third-order valence-corrected chi connectivity index (χ3v) is 4.84. The Morgan fingerprint density at radius 3 is 2.20 bits per heavy atom. The minimum Gasteiger partial charge on any atom is -0.350 e. The monoisotopic (exact) mass is 421 g/mol. The van der Waals surface area contributed by atoms with Gasteiger partial charge in [-0.2, -0.15) is 0 Å². The second kappa shape index (κ2) is 10.5. The first-order chi connectivity index (χ1) is 14.5. The number of anilines is 2. The highest BCUT2D eigenvalue weighted by atomic mass is 35.5. The lowest BCUT2D eigenvalue weighted by Gasteiger charge is -2.15. The van der Waals surface area contributed by atoms with Gasteiger partial charge in [-0.1, -0.05) is 54.1 Å². The molecule has 3 amide bonds. The summed E-state index contributed by atoms with van der Waals surface area (Å²) in [6, 6.07) is 23.7. The van der Waals surface area contributed by atoms with E-state index in [1.165, 1.54) is 0 Å². The van der Waals surface area contributed by atoms with Crippen molar-refractivity contribution in [1.82, 2.24) is 5.32 Å². The second-order valence-electron chi connectivity index (χ2n) is 6.99. The number of rotatable bonds is 7. The van der Waals surface area contributed by atoms with Gasteiger partial charge in [0.05, 0.1) is 6.04 Å². The molecule has 3 aromatic carbocycles. The summed E-state index contributed by atoms with van der Waals surface area (Å²) in [6.45, 7) is 1.93. The number of aryl methyl sites for hydroxylation is 1. The van der Waals surface area contributed by atoms with Gasteiger partial charge >= 0.3 is 6.03 Å². The fraction of sp³-hybridized carbons (Fsp3) is 0.167. The topological polar surface area (TPSA) is 70.2 Å². The van der Waals surface area contributed by atoms with Crippen molar-refractivity contribution < 1.29 is 9.59 Å². The summed E-state index contributed by atoms with van der Waals surface area (Å²) < 4.78 is 0. The predicted molar refractivity (Wildman–Crippen MR) is 122 cm³/mol. The Kier molecular flexibility index (Phi) is 7.46. The number of urea groups is 1. The van der Waals surface area contributed by atoms with Gasteiger partial charge in [0.2, 0.25) is 5.91 Å². The van der Waals surface area contributed by atoms with Gasteiger partial charge in [-0.3, -0.25) is 4.79 Å². The summed E-state index contributed by atoms with van der Waals surface area (Å²) in [5.74, 6) is -0.0214. The van der Waals surface area contributed by atoms with Crippen molar-refractivity contribution in [3.63, 3.8) is 0 Å². The predicted octanol–water partition coefficient (Wildman–Crippen LogP) is 5.79. The molecule has 3 N–H and O–H groups in total. The molecule has 0 aliphatic carbocycles. The summed E-state index contributed by atoms with van der Waals surface area (Å²) in [7, 11) is 0. The van der Waals surface area contributed by atoms with Crippen LogP contribution in [0.2, 0.25) is 5.02 Å². The third kappa shape index (κ3) is 6.64. The number of halogens is 1. The van der Waals surface area contributed by atoms with Crippen molar-refractivity contribution in [2.45, 2.75) is 25.8 Å². The molecule has 0 saturated heterocycles. The Labute approximate surface area is 181 Å². The fourth-order valence-electron chi connectivity index (χ4n) is 3.02. The molecule has 0 heterocycles. The Hall–Kier alpha value is -3.31. The van der Waals surface area contributed by atoms with Crippen molar-refractivity contribution in [1.29, 1.82) is 0 Å². The van der Waals surface area contributed by atoms with Gasteiger partial charge < -0.3 is 16.0 Å². The van der Waals surface area contributed by atoms with Crippen LogP contribution in [0.5, 0.6) is 0 Å². The van der Waals surface area contributed by atoms with Gasteiger partial charge in [-0.05, 0) is 60.9 Å². The molecular weight excluding hydrogens is 398 g/mol. The van der Waals surface area contributed by atoms with E-state index in [0.717, 1.165) is 16.8 Å². The Morgan fingerprint density at radius 1 is 0.867 bits per heavy atom. The number of para-hydroxylation sites is 1. The average Bonchev–Trinajstić information content (AvgIpc) is 2.73. The van der Waals surface area contributed by atoms with Crippen molar-refractivity contribution in [2.75, 3.05) is 10.6 Å². The summed E-state index contributed by atoms with van der Waals surface area (Å²) in [5.41, 5.74) is 3.39. The van der Waals surface area contributed by atoms with Gasteiger partial charge in [0.25, 0.3) is 0 Å². The van der Waals surface area contributed by atoms with Crippen molar-refractivity contribution >= 4 is 34.9 Å². The number of carbonyl (C=O) groups is 2. The molecule has 0 aromatic heterocycles. The minimum absolute atomic E-state index is 0.0214. The van der Waals surface area contributed by atoms with Gasteiger partial charge in [-0.25, -0.2) is 4.79 Å². The van der Waals surface area contributed by atoms with Crippen molar-refractivity contribution in [3.8, 4) is 0 Å². The second-order valence-corrected chi connectivity index (χ2v) is 7.42. The maximum Gasteiger partial charge on any atom is 0.323 e. The number of nitrogens with one attached hydrogen (secondary N) is 3. The van der Waals surface area contributed by atoms with Crippen LogP contribution >= 0.6 is 11.6 Å². The zero-order chi connectivity index (χ0) is 21.3. The van der Waals surface area contributed by atoms with Crippen LogP contribution in [0.1, 0.15) is 30.5 Å². The van der Waals surface area contributed by atoms with E-state index < -0.39 is 0 Å². The first-order valence-corrected chi connectivity index (χ1v) is 10.1. The van der Waals surface area contributed by atoms with Crippen molar-refractivity contribution in [2.24, 2.45) is 0 Å². The lowest BCUT2D eigenvalue weighted by Crippen LogP contribution is -2.26. The van der Waals surface area contributed by atoms with Gasteiger partial charge in [-0.15, -0.1) is 0 Å². The molecule has 3 rings (SSSR count). The molecule has 0 saturated carbocycles. The minimum atomic E-state index is -0.309. The lowest BCUT2D eigenvalue weighted by atomic mass is 10.1. The molecule has 1 atom stereocenters. The van der Waals surface area contributed by atoms with Gasteiger partial charge in [0.15, 0.2) is 0 Å². The SMILES string of the molecule is CC(NC(=O)CCc1cccc(Cl)c1)c1ccc(NC(=O)Nc2ccccc2)cc1. The zero-order valence-electron chi connectivity index (χ0n) is 16.7. The molecule has 1 unspecified atom stereocenters. The third-order valence-electron chi connectivity index (χ3n) is 4.61.